The Bertz CT molecular complexity index is 1090. The van der Waals surface area contributed by atoms with Crippen LogP contribution in [0, 0.1) is 17.8 Å². The maximum Gasteiger partial charge on any atom is 0.261 e. The van der Waals surface area contributed by atoms with Gasteiger partial charge in [-0.1, -0.05) is 18.6 Å². The minimum Gasteiger partial charge on any atom is -0.385 e. The highest BCUT2D eigenvalue weighted by atomic mass is 16.5. The van der Waals surface area contributed by atoms with Gasteiger partial charge < -0.3 is 14.5 Å². The molecule has 0 N–H and O–H groups in total. The zero-order chi connectivity index (χ0) is 25.6. The van der Waals surface area contributed by atoms with E-state index >= 15 is 0 Å². The summed E-state index contributed by atoms with van der Waals surface area (Å²) in [7, 11) is 1.74. The summed E-state index contributed by atoms with van der Waals surface area (Å²) >= 11 is 0. The molecule has 3 heterocycles. The number of rotatable bonds is 9. The summed E-state index contributed by atoms with van der Waals surface area (Å²) < 4.78 is 7.09. The Balaban J connectivity index is 1.19. The monoisotopic (exact) mass is 508 g/mol. The van der Waals surface area contributed by atoms with Crippen molar-refractivity contribution in [1.82, 2.24) is 19.4 Å². The highest BCUT2D eigenvalue weighted by molar-refractivity contribution is 5.79. The Kier molecular flexibility index (Phi) is 8.93. The molecule has 1 saturated carbocycles. The molecule has 0 bridgehead atoms. The summed E-state index contributed by atoms with van der Waals surface area (Å²) in [6, 6.07) is 8.20. The van der Waals surface area contributed by atoms with Gasteiger partial charge in [-0.05, 0) is 94.8 Å². The molecule has 2 saturated heterocycles. The van der Waals surface area contributed by atoms with Gasteiger partial charge in [0, 0.05) is 45.3 Å². The topological polar surface area (TPSA) is 67.7 Å². The van der Waals surface area contributed by atoms with Crippen LogP contribution < -0.4 is 5.56 Å². The molecular weight excluding hydrogens is 464 g/mol. The molecule has 7 heteroatoms. The number of ether oxygens (including phenoxy) is 1. The predicted octanol–water partition coefficient (Wildman–Crippen LogP) is 4.33. The van der Waals surface area contributed by atoms with Crippen molar-refractivity contribution < 1.29 is 9.53 Å². The fourth-order valence-electron chi connectivity index (χ4n) is 7.13. The minimum absolute atomic E-state index is 0.0392. The maximum absolute atomic E-state index is 13.8. The van der Waals surface area contributed by atoms with Crippen LogP contribution in [0.2, 0.25) is 0 Å². The minimum atomic E-state index is 0.0392. The van der Waals surface area contributed by atoms with Crippen LogP contribution in [0.3, 0.4) is 0 Å². The van der Waals surface area contributed by atoms with Gasteiger partial charge in [-0.2, -0.15) is 0 Å². The van der Waals surface area contributed by atoms with Gasteiger partial charge in [-0.25, -0.2) is 4.98 Å². The Labute approximate surface area is 221 Å². The van der Waals surface area contributed by atoms with Crippen LogP contribution in [0.1, 0.15) is 64.2 Å². The van der Waals surface area contributed by atoms with E-state index in [1.165, 1.54) is 45.2 Å². The van der Waals surface area contributed by atoms with Gasteiger partial charge in [0.05, 0.1) is 17.2 Å². The number of methoxy groups -OCH3 is 1. The van der Waals surface area contributed by atoms with Gasteiger partial charge in [0.1, 0.15) is 0 Å². The molecule has 2 aliphatic heterocycles. The van der Waals surface area contributed by atoms with Crippen LogP contribution in [0.4, 0.5) is 0 Å². The summed E-state index contributed by atoms with van der Waals surface area (Å²) in [5, 5.41) is 0.680. The van der Waals surface area contributed by atoms with Crippen LogP contribution in [0.15, 0.2) is 35.4 Å². The van der Waals surface area contributed by atoms with Crippen molar-refractivity contribution in [2.45, 2.75) is 76.8 Å². The number of hydrogen-bond acceptors (Lipinski definition) is 5. The molecule has 1 aromatic carbocycles. The third-order valence-corrected chi connectivity index (χ3v) is 9.15. The van der Waals surface area contributed by atoms with Crippen molar-refractivity contribution in [2.24, 2.45) is 17.8 Å². The number of aromatic nitrogens is 2. The smallest absolute Gasteiger partial charge is 0.261 e. The average molecular weight is 509 g/mol. The quantitative estimate of drug-likeness (QED) is 0.472. The van der Waals surface area contributed by atoms with E-state index in [2.05, 4.69) is 14.8 Å². The van der Waals surface area contributed by atoms with Gasteiger partial charge >= 0.3 is 0 Å². The fraction of sp³-hybridized carbons (Fsp3) is 0.700. The van der Waals surface area contributed by atoms with E-state index in [0.29, 0.717) is 42.3 Å². The summed E-state index contributed by atoms with van der Waals surface area (Å²) in [4.78, 5) is 36.1. The van der Waals surface area contributed by atoms with Crippen LogP contribution >= 0.6 is 0 Å². The second kappa shape index (κ2) is 12.5. The number of amides is 1. The number of benzene rings is 1. The molecule has 1 amide bonds. The number of piperidine rings is 2. The Hall–Kier alpha value is -2.25. The van der Waals surface area contributed by atoms with E-state index in [1.54, 1.807) is 18.0 Å². The van der Waals surface area contributed by atoms with Gasteiger partial charge in [-0.3, -0.25) is 14.2 Å². The van der Waals surface area contributed by atoms with Gasteiger partial charge in [0.15, 0.2) is 0 Å². The lowest BCUT2D eigenvalue weighted by Gasteiger charge is -2.46. The molecule has 37 heavy (non-hydrogen) atoms. The second-order valence-electron chi connectivity index (χ2n) is 11.6. The molecule has 0 spiro atoms. The van der Waals surface area contributed by atoms with Crippen molar-refractivity contribution in [3.05, 3.63) is 40.9 Å². The van der Waals surface area contributed by atoms with Crippen molar-refractivity contribution >= 4 is 16.8 Å². The largest absolute Gasteiger partial charge is 0.385 e. The average Bonchev–Trinajstić information content (AvgIpc) is 2.94. The Morgan fingerprint density at radius 3 is 2.70 bits per heavy atom. The molecular formula is C30H44N4O3. The van der Waals surface area contributed by atoms with E-state index in [9.17, 15) is 9.59 Å². The first kappa shape index (κ1) is 26.4. The van der Waals surface area contributed by atoms with Crippen molar-refractivity contribution in [2.75, 3.05) is 39.9 Å². The van der Waals surface area contributed by atoms with Crippen molar-refractivity contribution in [1.29, 1.82) is 0 Å². The van der Waals surface area contributed by atoms with Gasteiger partial charge in [0.2, 0.25) is 5.91 Å². The highest BCUT2D eigenvalue weighted by Gasteiger charge is 2.36. The number of fused-ring (bicyclic) bond motifs is 2. The Morgan fingerprint density at radius 2 is 1.86 bits per heavy atom. The van der Waals surface area contributed by atoms with Gasteiger partial charge in [0.25, 0.3) is 5.56 Å². The number of carbonyl (C=O) groups excluding carboxylic acids is 1. The van der Waals surface area contributed by atoms with Crippen LogP contribution in [0.5, 0.6) is 0 Å². The number of hydrogen-bond donors (Lipinski definition) is 0. The molecule has 7 nitrogen and oxygen atoms in total. The van der Waals surface area contributed by atoms with E-state index in [4.69, 9.17) is 4.74 Å². The summed E-state index contributed by atoms with van der Waals surface area (Å²) in [6.45, 7) is 5.56. The standard InChI is InChI=1S/C30H44N4O3/c1-37-19-7-18-33(21-25-8-6-17-32-16-5-4-11-28(25)32)29(35)24-14-12-23(13-15-24)20-34-22-31-27-10-3-2-9-26(27)30(34)36/h2-3,9-10,22-25,28H,4-8,11-21H2,1H3. The molecule has 2 unspecified atom stereocenters. The van der Waals surface area contributed by atoms with E-state index < -0.39 is 0 Å². The van der Waals surface area contributed by atoms with Gasteiger partial charge in [-0.15, -0.1) is 0 Å². The molecule has 5 rings (SSSR count). The molecule has 202 valence electrons. The summed E-state index contributed by atoms with van der Waals surface area (Å²) in [5.74, 6) is 1.48. The number of carbonyl (C=O) groups is 1. The maximum atomic E-state index is 13.8. The van der Waals surface area contributed by atoms with Crippen LogP contribution in [0.25, 0.3) is 10.9 Å². The third kappa shape index (κ3) is 6.26. The number of nitrogens with zero attached hydrogens (tertiary/aromatic N) is 4. The summed E-state index contributed by atoms with van der Waals surface area (Å²) in [5.41, 5.74) is 0.790. The zero-order valence-corrected chi connectivity index (χ0v) is 22.5. The highest BCUT2D eigenvalue weighted by Crippen LogP contribution is 2.34. The first-order valence-electron chi connectivity index (χ1n) is 14.6. The molecule has 3 fully saturated rings. The first-order valence-corrected chi connectivity index (χ1v) is 14.6. The normalized spacial score (nSPS) is 26.6. The predicted molar refractivity (Wildman–Crippen MR) is 146 cm³/mol. The lowest BCUT2D eigenvalue weighted by Crippen LogP contribution is -2.52. The van der Waals surface area contributed by atoms with E-state index in [-0.39, 0.29) is 11.5 Å². The molecule has 3 aliphatic rings. The molecule has 1 aromatic heterocycles. The summed E-state index contributed by atoms with van der Waals surface area (Å²) in [6.07, 6.45) is 12.8. The molecule has 1 aliphatic carbocycles. The third-order valence-electron chi connectivity index (χ3n) is 9.15. The molecule has 2 atom stereocenters. The Morgan fingerprint density at radius 1 is 1.05 bits per heavy atom. The van der Waals surface area contributed by atoms with Crippen molar-refractivity contribution in [3.8, 4) is 0 Å². The molecule has 2 aromatic rings. The zero-order valence-electron chi connectivity index (χ0n) is 22.5. The van der Waals surface area contributed by atoms with Crippen LogP contribution in [-0.2, 0) is 16.1 Å². The first-order chi connectivity index (χ1) is 18.1. The fourth-order valence-corrected chi connectivity index (χ4v) is 7.13. The van der Waals surface area contributed by atoms with Crippen molar-refractivity contribution in [3.63, 3.8) is 0 Å². The lowest BCUT2D eigenvalue weighted by atomic mass is 9.80. The van der Waals surface area contributed by atoms with E-state index in [1.807, 2.05) is 24.3 Å². The second-order valence-corrected chi connectivity index (χ2v) is 11.6. The number of para-hydroxylation sites is 1. The van der Waals surface area contributed by atoms with Crippen LogP contribution in [-0.4, -0.2) is 71.2 Å². The SMILES string of the molecule is COCCCN(CC1CCCN2CCCCC12)C(=O)C1CCC(Cn2cnc3ccccc3c2=O)CC1. The van der Waals surface area contributed by atoms with E-state index in [0.717, 1.165) is 50.7 Å². The molecule has 0 radical (unpaired) electrons. The lowest BCUT2D eigenvalue weighted by molar-refractivity contribution is -0.138.